The fraction of sp³-hybridized carbons (Fsp3) is 0.500. The summed E-state index contributed by atoms with van der Waals surface area (Å²) in [5.74, 6) is 0.948. The van der Waals surface area contributed by atoms with Crippen molar-refractivity contribution in [3.8, 4) is 0 Å². The monoisotopic (exact) mass is 221 g/mol. The Labute approximate surface area is 96.7 Å². The number of hydrogen-bond donors (Lipinski definition) is 1. The molecule has 1 amide bonds. The van der Waals surface area contributed by atoms with Crippen molar-refractivity contribution in [2.75, 3.05) is 24.5 Å². The summed E-state index contributed by atoms with van der Waals surface area (Å²) in [7, 11) is 0. The molecule has 16 heavy (non-hydrogen) atoms. The molecule has 4 nitrogen and oxygen atoms in total. The topological polar surface area (TPSA) is 45.2 Å². The van der Waals surface area contributed by atoms with Gasteiger partial charge in [-0.15, -0.1) is 0 Å². The molecule has 1 fully saturated rings. The van der Waals surface area contributed by atoms with Crippen LogP contribution in [0.4, 0.5) is 5.82 Å². The number of pyridine rings is 1. The molecule has 0 bridgehead atoms. The van der Waals surface area contributed by atoms with Gasteiger partial charge in [-0.25, -0.2) is 4.98 Å². The van der Waals surface area contributed by atoms with Crippen molar-refractivity contribution in [1.29, 1.82) is 0 Å². The van der Waals surface area contributed by atoms with Gasteiger partial charge in [0.25, 0.3) is 0 Å². The highest BCUT2D eigenvalue weighted by molar-refractivity contribution is 5.82. The second kappa shape index (κ2) is 6.10. The lowest BCUT2D eigenvalue weighted by Crippen LogP contribution is -2.48. The fourth-order valence-electron chi connectivity index (χ4n) is 1.48. The van der Waals surface area contributed by atoms with Crippen LogP contribution >= 0.6 is 0 Å². The van der Waals surface area contributed by atoms with Gasteiger partial charge in [0, 0.05) is 19.3 Å². The van der Waals surface area contributed by atoms with Crippen LogP contribution in [0.3, 0.4) is 0 Å². The van der Waals surface area contributed by atoms with E-state index < -0.39 is 0 Å². The van der Waals surface area contributed by atoms with Crippen LogP contribution in [0.25, 0.3) is 0 Å². The molecule has 0 unspecified atom stereocenters. The van der Waals surface area contributed by atoms with Crippen molar-refractivity contribution in [2.24, 2.45) is 0 Å². The maximum Gasteiger partial charge on any atom is 0.239 e. The number of anilines is 1. The average Bonchev–Trinajstić information content (AvgIpc) is 2.32. The van der Waals surface area contributed by atoms with Crippen LogP contribution in [0, 0.1) is 6.92 Å². The Morgan fingerprint density at radius 3 is 2.69 bits per heavy atom. The van der Waals surface area contributed by atoms with E-state index in [0.29, 0.717) is 13.1 Å². The van der Waals surface area contributed by atoms with Gasteiger partial charge in [0.05, 0.1) is 6.54 Å². The first-order valence-electron chi connectivity index (χ1n) is 5.70. The number of rotatable bonds is 1. The van der Waals surface area contributed by atoms with Crippen LogP contribution in [0.1, 0.15) is 19.4 Å². The van der Waals surface area contributed by atoms with E-state index in [9.17, 15) is 4.79 Å². The van der Waals surface area contributed by atoms with E-state index in [-0.39, 0.29) is 5.91 Å². The molecule has 0 saturated carbocycles. The van der Waals surface area contributed by atoms with Gasteiger partial charge in [0.1, 0.15) is 5.82 Å². The van der Waals surface area contributed by atoms with Crippen molar-refractivity contribution in [3.05, 3.63) is 23.9 Å². The summed E-state index contributed by atoms with van der Waals surface area (Å²) in [5, 5.41) is 2.78. The van der Waals surface area contributed by atoms with Gasteiger partial charge in [0.15, 0.2) is 0 Å². The molecule has 0 spiro atoms. The number of nitrogens with zero attached hydrogens (tertiary/aromatic N) is 2. The first-order chi connectivity index (χ1) is 7.75. The third kappa shape index (κ3) is 3.22. The second-order valence-electron chi connectivity index (χ2n) is 3.47. The lowest BCUT2D eigenvalue weighted by Gasteiger charge is -2.27. The van der Waals surface area contributed by atoms with Gasteiger partial charge >= 0.3 is 0 Å². The molecular formula is C12H19N3O. The molecule has 1 aromatic rings. The Morgan fingerprint density at radius 1 is 1.38 bits per heavy atom. The van der Waals surface area contributed by atoms with Crippen LogP contribution in [0.5, 0.6) is 0 Å². The van der Waals surface area contributed by atoms with E-state index in [0.717, 1.165) is 17.9 Å². The third-order valence-electron chi connectivity index (χ3n) is 2.26. The van der Waals surface area contributed by atoms with E-state index in [2.05, 4.69) is 10.3 Å². The van der Waals surface area contributed by atoms with Crippen LogP contribution in [0.2, 0.25) is 0 Å². The van der Waals surface area contributed by atoms with Gasteiger partial charge in [-0.3, -0.25) is 4.79 Å². The number of piperazine rings is 1. The minimum Gasteiger partial charge on any atom is -0.353 e. The maximum absolute atomic E-state index is 11.1. The quantitative estimate of drug-likeness (QED) is 0.778. The molecule has 0 aliphatic carbocycles. The molecular weight excluding hydrogens is 202 g/mol. The number of aromatic nitrogens is 1. The van der Waals surface area contributed by atoms with Crippen LogP contribution < -0.4 is 10.2 Å². The smallest absolute Gasteiger partial charge is 0.239 e. The highest BCUT2D eigenvalue weighted by atomic mass is 16.2. The highest BCUT2D eigenvalue weighted by Gasteiger charge is 2.16. The summed E-state index contributed by atoms with van der Waals surface area (Å²) in [5.41, 5.74) is 1.13. The summed E-state index contributed by atoms with van der Waals surface area (Å²) in [4.78, 5) is 17.4. The first kappa shape index (κ1) is 12.5. The Morgan fingerprint density at radius 2 is 2.12 bits per heavy atom. The van der Waals surface area contributed by atoms with E-state index in [1.54, 1.807) is 0 Å². The van der Waals surface area contributed by atoms with Crippen LogP contribution in [-0.2, 0) is 4.79 Å². The van der Waals surface area contributed by atoms with Gasteiger partial charge in [-0.1, -0.05) is 19.9 Å². The summed E-state index contributed by atoms with van der Waals surface area (Å²) in [6.45, 7) is 7.95. The molecule has 0 atom stereocenters. The normalized spacial score (nSPS) is 14.9. The molecule has 1 saturated heterocycles. The first-order valence-corrected chi connectivity index (χ1v) is 5.70. The van der Waals surface area contributed by atoms with Gasteiger partial charge in [0.2, 0.25) is 5.91 Å². The number of hydrogen-bond acceptors (Lipinski definition) is 3. The van der Waals surface area contributed by atoms with Crippen molar-refractivity contribution < 1.29 is 4.79 Å². The zero-order valence-corrected chi connectivity index (χ0v) is 10.2. The van der Waals surface area contributed by atoms with Crippen molar-refractivity contribution in [2.45, 2.75) is 20.8 Å². The van der Waals surface area contributed by atoms with Gasteiger partial charge in [-0.05, 0) is 18.6 Å². The van der Waals surface area contributed by atoms with Crippen LogP contribution in [-0.4, -0.2) is 30.5 Å². The average molecular weight is 221 g/mol. The molecule has 1 aliphatic heterocycles. The van der Waals surface area contributed by atoms with Crippen molar-refractivity contribution in [3.63, 3.8) is 0 Å². The maximum atomic E-state index is 11.1. The Balaban J connectivity index is 0.000000606. The molecule has 1 aromatic heterocycles. The lowest BCUT2D eigenvalue weighted by molar-refractivity contribution is -0.120. The summed E-state index contributed by atoms with van der Waals surface area (Å²) in [6, 6.07) is 3.96. The van der Waals surface area contributed by atoms with Crippen LogP contribution in [0.15, 0.2) is 18.3 Å². The molecule has 1 aliphatic rings. The second-order valence-corrected chi connectivity index (χ2v) is 3.47. The van der Waals surface area contributed by atoms with E-state index in [4.69, 9.17) is 0 Å². The zero-order chi connectivity index (χ0) is 12.0. The van der Waals surface area contributed by atoms with E-state index in [1.807, 2.05) is 44.0 Å². The molecule has 1 N–H and O–H groups in total. The summed E-state index contributed by atoms with van der Waals surface area (Å²) < 4.78 is 0. The number of aryl methyl sites for hydroxylation is 1. The Bertz CT molecular complexity index is 335. The number of carbonyl (C=O) groups excluding carboxylic acids is 1. The molecule has 2 rings (SSSR count). The minimum absolute atomic E-state index is 0.0682. The molecule has 0 aromatic carbocycles. The fourth-order valence-corrected chi connectivity index (χ4v) is 1.48. The molecule has 2 heterocycles. The zero-order valence-electron chi connectivity index (χ0n) is 10.2. The highest BCUT2D eigenvalue weighted by Crippen LogP contribution is 2.11. The molecule has 88 valence electrons. The number of amides is 1. The van der Waals surface area contributed by atoms with E-state index >= 15 is 0 Å². The van der Waals surface area contributed by atoms with Crippen molar-refractivity contribution >= 4 is 11.7 Å². The Hall–Kier alpha value is -1.58. The number of carbonyl (C=O) groups is 1. The molecule has 0 radical (unpaired) electrons. The Kier molecular flexibility index (Phi) is 4.76. The number of nitrogens with one attached hydrogen (secondary N) is 1. The molecule has 4 heteroatoms. The minimum atomic E-state index is 0.0682. The van der Waals surface area contributed by atoms with Gasteiger partial charge < -0.3 is 10.2 Å². The standard InChI is InChI=1S/C10H13N3O.C2H6/c1-8-2-3-9(12-6-8)13-5-4-11-10(14)7-13;1-2/h2-3,6H,4-5,7H2,1H3,(H,11,14);1-2H3. The summed E-state index contributed by atoms with van der Waals surface area (Å²) in [6.07, 6.45) is 1.82. The SMILES string of the molecule is CC.Cc1ccc(N2CCNC(=O)C2)nc1. The summed E-state index contributed by atoms with van der Waals surface area (Å²) >= 11 is 0. The van der Waals surface area contributed by atoms with E-state index in [1.165, 1.54) is 0 Å². The van der Waals surface area contributed by atoms with Crippen molar-refractivity contribution in [1.82, 2.24) is 10.3 Å². The largest absolute Gasteiger partial charge is 0.353 e. The lowest BCUT2D eigenvalue weighted by atomic mass is 10.3. The van der Waals surface area contributed by atoms with Gasteiger partial charge in [-0.2, -0.15) is 0 Å². The predicted molar refractivity (Wildman–Crippen MR) is 65.5 cm³/mol. The predicted octanol–water partition coefficient (Wildman–Crippen LogP) is 1.35. The third-order valence-corrected chi connectivity index (χ3v) is 2.26.